The Bertz CT molecular complexity index is 527. The molecule has 0 atom stereocenters. The molecule has 0 radical (unpaired) electrons. The highest BCUT2D eigenvalue weighted by Gasteiger charge is 2.31. The molecule has 1 rings (SSSR count). The number of hydrogen-bond donors (Lipinski definition) is 3. The number of benzene rings is 1. The Hall–Kier alpha value is -1.97. The Balaban J connectivity index is 3.10. The zero-order valence-corrected chi connectivity index (χ0v) is 10.7. The summed E-state index contributed by atoms with van der Waals surface area (Å²) in [6.07, 6.45) is -3.87. The second-order valence-corrected chi connectivity index (χ2v) is 4.01. The Labute approximate surface area is 113 Å². The summed E-state index contributed by atoms with van der Waals surface area (Å²) in [4.78, 5) is 0. The van der Waals surface area contributed by atoms with E-state index in [0.29, 0.717) is 0 Å². The van der Waals surface area contributed by atoms with Gasteiger partial charge in [0.25, 0.3) is 0 Å². The van der Waals surface area contributed by atoms with Crippen LogP contribution in [0.1, 0.15) is 5.56 Å². The highest BCUT2D eigenvalue weighted by atomic mass is 79.9. The number of rotatable bonds is 3. The van der Waals surface area contributed by atoms with Gasteiger partial charge in [0.2, 0.25) is 5.96 Å². The maximum absolute atomic E-state index is 12.1. The maximum atomic E-state index is 12.1. The van der Waals surface area contributed by atoms with E-state index in [1.807, 2.05) is 0 Å². The molecule has 0 aliphatic rings. The summed E-state index contributed by atoms with van der Waals surface area (Å²) in [6.45, 7) is 0. The number of aromatic hydroxyl groups is 1. The summed E-state index contributed by atoms with van der Waals surface area (Å²) in [5.74, 6) is -1.19. The van der Waals surface area contributed by atoms with Crippen LogP contribution < -0.4 is 16.2 Å². The predicted molar refractivity (Wildman–Crippen MR) is 65.9 cm³/mol. The molecule has 0 saturated carbocycles. The van der Waals surface area contributed by atoms with Crippen LogP contribution >= 0.6 is 15.9 Å². The summed E-state index contributed by atoms with van der Waals surface area (Å²) in [6, 6.07) is 1.89. The highest BCUT2D eigenvalue weighted by molar-refractivity contribution is 9.10. The first-order valence-electron chi connectivity index (χ1n) is 4.59. The van der Waals surface area contributed by atoms with Crippen LogP contribution in [0, 0.1) is 0 Å². The largest absolute Gasteiger partial charge is 0.573 e. The molecule has 104 valence electrons. The second kappa shape index (κ2) is 5.78. The molecule has 0 bridgehead atoms. The van der Waals surface area contributed by atoms with Crippen LogP contribution in [-0.4, -0.2) is 23.6 Å². The van der Waals surface area contributed by atoms with E-state index in [0.717, 1.165) is 18.3 Å². The number of halogens is 4. The molecule has 0 aliphatic heterocycles. The maximum Gasteiger partial charge on any atom is 0.573 e. The van der Waals surface area contributed by atoms with Crippen molar-refractivity contribution < 1.29 is 23.0 Å². The van der Waals surface area contributed by atoms with E-state index in [1.165, 1.54) is 0 Å². The van der Waals surface area contributed by atoms with Gasteiger partial charge in [0.1, 0.15) is 11.5 Å². The van der Waals surface area contributed by atoms with Crippen molar-refractivity contribution in [3.05, 3.63) is 22.2 Å². The van der Waals surface area contributed by atoms with Crippen molar-refractivity contribution in [2.45, 2.75) is 6.36 Å². The number of phenols is 1. The molecular formula is C9H8BrF3N4O2. The number of alkyl halides is 3. The third-order valence-electron chi connectivity index (χ3n) is 1.67. The van der Waals surface area contributed by atoms with Gasteiger partial charge in [-0.2, -0.15) is 5.10 Å². The molecule has 19 heavy (non-hydrogen) atoms. The van der Waals surface area contributed by atoms with E-state index in [-0.39, 0.29) is 21.7 Å². The number of nitrogens with zero attached hydrogens (tertiary/aromatic N) is 2. The molecule has 6 nitrogen and oxygen atoms in total. The lowest BCUT2D eigenvalue weighted by atomic mass is 10.2. The van der Waals surface area contributed by atoms with Gasteiger partial charge in [-0.1, -0.05) is 0 Å². The fourth-order valence-corrected chi connectivity index (χ4v) is 1.50. The molecule has 1 aromatic carbocycles. The van der Waals surface area contributed by atoms with Crippen molar-refractivity contribution >= 4 is 28.1 Å². The van der Waals surface area contributed by atoms with Gasteiger partial charge in [-0.25, -0.2) is 0 Å². The standard InChI is InChI=1S/C9H8BrF3N4O2/c10-6-2-5(19-9(11,12)13)1-4(7(6)18)3-16-17-8(14)15/h1-3,18H,(H4,14,15,17). The van der Waals surface area contributed by atoms with E-state index >= 15 is 0 Å². The first-order chi connectivity index (χ1) is 8.69. The fraction of sp³-hybridized carbons (Fsp3) is 0.111. The fourth-order valence-electron chi connectivity index (χ4n) is 1.04. The van der Waals surface area contributed by atoms with Crippen molar-refractivity contribution in [1.82, 2.24) is 0 Å². The van der Waals surface area contributed by atoms with Gasteiger partial charge in [0.05, 0.1) is 10.7 Å². The lowest BCUT2D eigenvalue weighted by molar-refractivity contribution is -0.274. The van der Waals surface area contributed by atoms with Gasteiger partial charge < -0.3 is 21.3 Å². The summed E-state index contributed by atoms with van der Waals surface area (Å²) in [5.41, 5.74) is 9.96. The third-order valence-corrected chi connectivity index (χ3v) is 2.27. The summed E-state index contributed by atoms with van der Waals surface area (Å²) in [7, 11) is 0. The number of hydrogen-bond acceptors (Lipinski definition) is 4. The quantitative estimate of drug-likeness (QED) is 0.442. The smallest absolute Gasteiger partial charge is 0.506 e. The molecule has 0 aliphatic carbocycles. The highest BCUT2D eigenvalue weighted by Crippen LogP contribution is 2.34. The minimum absolute atomic E-state index is 0.000370. The Morgan fingerprint density at radius 2 is 2.00 bits per heavy atom. The van der Waals surface area contributed by atoms with Crippen LogP contribution in [0.15, 0.2) is 26.8 Å². The van der Waals surface area contributed by atoms with Crippen LogP contribution in [-0.2, 0) is 0 Å². The normalized spacial score (nSPS) is 11.6. The van der Waals surface area contributed by atoms with E-state index in [9.17, 15) is 18.3 Å². The number of guanidine groups is 1. The van der Waals surface area contributed by atoms with Crippen molar-refractivity contribution in [1.29, 1.82) is 0 Å². The molecule has 0 saturated heterocycles. The van der Waals surface area contributed by atoms with Crippen LogP contribution in [0.25, 0.3) is 0 Å². The molecular weight excluding hydrogens is 333 g/mol. The number of phenolic OH excluding ortho intramolecular Hbond substituents is 1. The molecule has 0 heterocycles. The van der Waals surface area contributed by atoms with Crippen LogP contribution in [0.3, 0.4) is 0 Å². The number of ether oxygens (including phenoxy) is 1. The van der Waals surface area contributed by atoms with Gasteiger partial charge >= 0.3 is 6.36 Å². The lowest BCUT2D eigenvalue weighted by Crippen LogP contribution is -2.21. The minimum atomic E-state index is -4.84. The molecule has 5 N–H and O–H groups in total. The van der Waals surface area contributed by atoms with Gasteiger partial charge in [-0.15, -0.1) is 18.3 Å². The average Bonchev–Trinajstić information content (AvgIpc) is 2.22. The summed E-state index contributed by atoms with van der Waals surface area (Å²) >= 11 is 2.88. The lowest BCUT2D eigenvalue weighted by Gasteiger charge is -2.10. The predicted octanol–water partition coefficient (Wildman–Crippen LogP) is 1.66. The first-order valence-corrected chi connectivity index (χ1v) is 5.38. The Morgan fingerprint density at radius 1 is 1.37 bits per heavy atom. The van der Waals surface area contributed by atoms with E-state index in [4.69, 9.17) is 11.5 Å². The third kappa shape index (κ3) is 5.04. The molecule has 0 amide bonds. The van der Waals surface area contributed by atoms with E-state index < -0.39 is 12.1 Å². The first kappa shape index (κ1) is 15.1. The van der Waals surface area contributed by atoms with Gasteiger partial charge in [-0.3, -0.25) is 0 Å². The van der Waals surface area contributed by atoms with Crippen molar-refractivity contribution in [2.24, 2.45) is 21.7 Å². The van der Waals surface area contributed by atoms with Crippen molar-refractivity contribution in [3.63, 3.8) is 0 Å². The van der Waals surface area contributed by atoms with Crippen LogP contribution in [0.4, 0.5) is 13.2 Å². The van der Waals surface area contributed by atoms with Gasteiger partial charge in [0, 0.05) is 5.56 Å². The number of nitrogens with two attached hydrogens (primary N) is 2. The van der Waals surface area contributed by atoms with Crippen molar-refractivity contribution in [2.75, 3.05) is 0 Å². The summed E-state index contributed by atoms with van der Waals surface area (Å²) < 4.78 is 39.9. The van der Waals surface area contributed by atoms with Crippen LogP contribution in [0.5, 0.6) is 11.5 Å². The average molecular weight is 341 g/mol. The molecule has 0 unspecified atom stereocenters. The molecule has 10 heteroatoms. The minimum Gasteiger partial charge on any atom is -0.506 e. The molecule has 1 aromatic rings. The zero-order valence-electron chi connectivity index (χ0n) is 9.15. The second-order valence-electron chi connectivity index (χ2n) is 3.16. The Morgan fingerprint density at radius 3 is 2.53 bits per heavy atom. The monoisotopic (exact) mass is 340 g/mol. The van der Waals surface area contributed by atoms with Crippen molar-refractivity contribution in [3.8, 4) is 11.5 Å². The molecule has 0 aromatic heterocycles. The van der Waals surface area contributed by atoms with Gasteiger partial charge in [-0.05, 0) is 28.1 Å². The summed E-state index contributed by atoms with van der Waals surface area (Å²) in [5, 5.41) is 16.2. The molecule has 0 fully saturated rings. The zero-order chi connectivity index (χ0) is 14.6. The molecule has 0 spiro atoms. The van der Waals surface area contributed by atoms with E-state index in [2.05, 4.69) is 30.9 Å². The topological polar surface area (TPSA) is 106 Å². The van der Waals surface area contributed by atoms with Crippen LogP contribution in [0.2, 0.25) is 0 Å². The van der Waals surface area contributed by atoms with Gasteiger partial charge in [0.15, 0.2) is 0 Å². The van der Waals surface area contributed by atoms with E-state index in [1.54, 1.807) is 0 Å². The Kier molecular flexibility index (Phi) is 4.59. The SMILES string of the molecule is NC(N)=NN=Cc1cc(OC(F)(F)F)cc(Br)c1O.